The molecule has 5 rings (SSSR count). The zero-order valence-corrected chi connectivity index (χ0v) is 20.6. The predicted molar refractivity (Wildman–Crippen MR) is 137 cm³/mol. The van der Waals surface area contributed by atoms with Crippen LogP contribution in [0.5, 0.6) is 23.0 Å². The molecule has 0 saturated carbocycles. The fraction of sp³-hybridized carbons (Fsp3) is 0.148. The van der Waals surface area contributed by atoms with Crippen molar-refractivity contribution in [3.8, 4) is 28.7 Å². The van der Waals surface area contributed by atoms with Crippen molar-refractivity contribution in [1.29, 1.82) is 0 Å². The van der Waals surface area contributed by atoms with E-state index in [1.54, 1.807) is 42.3 Å². The first-order chi connectivity index (χ1) is 18.1. The van der Waals surface area contributed by atoms with Gasteiger partial charge in [0.15, 0.2) is 23.0 Å². The average molecular weight is 519 g/mol. The van der Waals surface area contributed by atoms with Gasteiger partial charge in [0.2, 0.25) is 12.7 Å². The molecule has 1 aliphatic rings. The summed E-state index contributed by atoms with van der Waals surface area (Å²) in [5, 5.41) is 11.8. The maximum absolute atomic E-state index is 12.3. The van der Waals surface area contributed by atoms with E-state index in [9.17, 15) is 4.79 Å². The van der Waals surface area contributed by atoms with Gasteiger partial charge in [0.1, 0.15) is 12.3 Å². The van der Waals surface area contributed by atoms with Gasteiger partial charge in [0.05, 0.1) is 19.0 Å². The van der Waals surface area contributed by atoms with Crippen molar-refractivity contribution >= 4 is 23.6 Å². The van der Waals surface area contributed by atoms with Crippen LogP contribution in [0, 0.1) is 0 Å². The number of benzene rings is 3. The summed E-state index contributed by atoms with van der Waals surface area (Å²) in [6, 6.07) is 18.3. The lowest BCUT2D eigenvalue weighted by molar-refractivity contribution is -0.116. The number of hydrogen-bond acceptors (Lipinski definition) is 7. The average Bonchev–Trinajstić information content (AvgIpc) is 3.59. The molecule has 1 N–H and O–H groups in total. The Hall–Kier alpha value is -4.50. The van der Waals surface area contributed by atoms with Crippen molar-refractivity contribution in [2.45, 2.75) is 13.2 Å². The van der Waals surface area contributed by atoms with Gasteiger partial charge in [-0.2, -0.15) is 0 Å². The van der Waals surface area contributed by atoms with E-state index < -0.39 is 0 Å². The first kappa shape index (κ1) is 24.2. The standard InChI is InChI=1S/C27H23ClN4O5/c1-34-25-12-19(14-29-27(33)10-7-18-5-8-24-26(11-18)37-17-36-24)6-9-23(25)35-16-21-15-32(31-30-21)22-4-2-3-20(28)13-22/h2-13,15H,14,16-17H2,1H3,(H,29,33)/b10-7+. The normalized spacial score (nSPS) is 12.1. The Kier molecular flexibility index (Phi) is 7.23. The molecule has 2 heterocycles. The molecule has 0 radical (unpaired) electrons. The second kappa shape index (κ2) is 11.0. The molecule has 4 aromatic rings. The van der Waals surface area contributed by atoms with Crippen LogP contribution >= 0.6 is 11.6 Å². The van der Waals surface area contributed by atoms with Gasteiger partial charge in [-0.3, -0.25) is 4.79 Å². The number of rotatable bonds is 9. The van der Waals surface area contributed by atoms with Crippen molar-refractivity contribution in [2.75, 3.05) is 13.9 Å². The first-order valence-electron chi connectivity index (χ1n) is 11.4. The van der Waals surface area contributed by atoms with E-state index in [1.165, 1.54) is 6.08 Å². The second-order valence-corrected chi connectivity index (χ2v) is 8.51. The highest BCUT2D eigenvalue weighted by Crippen LogP contribution is 2.33. The summed E-state index contributed by atoms with van der Waals surface area (Å²) in [5.41, 5.74) is 3.16. The summed E-state index contributed by atoms with van der Waals surface area (Å²) >= 11 is 6.05. The molecule has 0 fully saturated rings. The summed E-state index contributed by atoms with van der Waals surface area (Å²) in [6.45, 7) is 0.744. The van der Waals surface area contributed by atoms with Gasteiger partial charge in [-0.1, -0.05) is 35.0 Å². The Balaban J connectivity index is 1.15. The minimum Gasteiger partial charge on any atom is -0.493 e. The van der Waals surface area contributed by atoms with E-state index in [0.29, 0.717) is 40.3 Å². The molecule has 1 aromatic heterocycles. The van der Waals surface area contributed by atoms with Crippen LogP contribution in [-0.4, -0.2) is 34.8 Å². The van der Waals surface area contributed by atoms with Gasteiger partial charge < -0.3 is 24.3 Å². The van der Waals surface area contributed by atoms with E-state index in [1.807, 2.05) is 42.5 Å². The molecule has 10 heteroatoms. The number of fused-ring (bicyclic) bond motifs is 1. The molecular weight excluding hydrogens is 496 g/mol. The number of carbonyl (C=O) groups is 1. The third kappa shape index (κ3) is 6.02. The number of hydrogen-bond donors (Lipinski definition) is 1. The zero-order valence-electron chi connectivity index (χ0n) is 19.9. The van der Waals surface area contributed by atoms with Crippen molar-refractivity contribution in [3.63, 3.8) is 0 Å². The molecule has 1 amide bonds. The maximum atomic E-state index is 12.3. The van der Waals surface area contributed by atoms with Gasteiger partial charge in [-0.05, 0) is 59.7 Å². The quantitative estimate of drug-likeness (QED) is 0.324. The maximum Gasteiger partial charge on any atom is 0.244 e. The highest BCUT2D eigenvalue weighted by Gasteiger charge is 2.13. The van der Waals surface area contributed by atoms with Crippen molar-refractivity contribution in [2.24, 2.45) is 0 Å². The van der Waals surface area contributed by atoms with Crippen LogP contribution in [-0.2, 0) is 17.9 Å². The number of methoxy groups -OCH3 is 1. The number of nitrogens with one attached hydrogen (secondary N) is 1. The third-order valence-corrected chi connectivity index (χ3v) is 5.74. The summed E-state index contributed by atoms with van der Waals surface area (Å²) in [7, 11) is 1.56. The Labute approximate surface area is 218 Å². The van der Waals surface area contributed by atoms with Gasteiger partial charge in [0, 0.05) is 17.6 Å². The Morgan fingerprint density at radius 1 is 1.11 bits per heavy atom. The zero-order chi connectivity index (χ0) is 25.6. The van der Waals surface area contributed by atoms with E-state index in [0.717, 1.165) is 16.8 Å². The fourth-order valence-electron chi connectivity index (χ4n) is 3.64. The number of halogens is 1. The predicted octanol–water partition coefficient (Wildman–Crippen LogP) is 4.57. The topological polar surface area (TPSA) is 96.7 Å². The number of ether oxygens (including phenoxy) is 4. The number of amides is 1. The molecule has 0 aliphatic carbocycles. The number of aromatic nitrogens is 3. The Morgan fingerprint density at radius 2 is 2.00 bits per heavy atom. The lowest BCUT2D eigenvalue weighted by Gasteiger charge is -2.11. The van der Waals surface area contributed by atoms with E-state index in [4.69, 9.17) is 30.5 Å². The SMILES string of the molecule is COc1cc(CNC(=O)/C=C/c2ccc3c(c2)OCO3)ccc1OCc1cn(-c2cccc(Cl)c2)nn1. The van der Waals surface area contributed by atoms with Gasteiger partial charge in [0.25, 0.3) is 0 Å². The minimum atomic E-state index is -0.222. The molecule has 3 aromatic carbocycles. The van der Waals surface area contributed by atoms with Crippen LogP contribution in [0.25, 0.3) is 11.8 Å². The molecule has 37 heavy (non-hydrogen) atoms. The fourth-order valence-corrected chi connectivity index (χ4v) is 3.82. The minimum absolute atomic E-state index is 0.206. The second-order valence-electron chi connectivity index (χ2n) is 8.07. The van der Waals surface area contributed by atoms with Gasteiger partial charge >= 0.3 is 0 Å². The summed E-state index contributed by atoms with van der Waals surface area (Å²) in [4.78, 5) is 12.3. The summed E-state index contributed by atoms with van der Waals surface area (Å²) in [5.74, 6) is 2.25. The van der Waals surface area contributed by atoms with Crippen molar-refractivity contribution in [3.05, 3.63) is 94.8 Å². The Bertz CT molecular complexity index is 1450. The number of carbonyl (C=O) groups excluding carboxylic acids is 1. The van der Waals surface area contributed by atoms with Crippen LogP contribution in [0.4, 0.5) is 0 Å². The van der Waals surface area contributed by atoms with Crippen molar-refractivity contribution < 1.29 is 23.7 Å². The van der Waals surface area contributed by atoms with Crippen LogP contribution < -0.4 is 24.3 Å². The monoisotopic (exact) mass is 518 g/mol. The molecular formula is C27H23ClN4O5. The van der Waals surface area contributed by atoms with E-state index in [2.05, 4.69) is 15.6 Å². The highest BCUT2D eigenvalue weighted by atomic mass is 35.5. The molecule has 0 unspecified atom stereocenters. The van der Waals surface area contributed by atoms with Crippen LogP contribution in [0.2, 0.25) is 5.02 Å². The largest absolute Gasteiger partial charge is 0.493 e. The van der Waals surface area contributed by atoms with E-state index in [-0.39, 0.29) is 19.3 Å². The molecule has 0 atom stereocenters. The molecule has 1 aliphatic heterocycles. The number of nitrogens with zero attached hydrogens (tertiary/aromatic N) is 3. The molecule has 188 valence electrons. The first-order valence-corrected chi connectivity index (χ1v) is 11.8. The smallest absolute Gasteiger partial charge is 0.244 e. The lowest BCUT2D eigenvalue weighted by atomic mass is 10.2. The molecule has 0 spiro atoms. The van der Waals surface area contributed by atoms with Gasteiger partial charge in [-0.25, -0.2) is 4.68 Å². The lowest BCUT2D eigenvalue weighted by Crippen LogP contribution is -2.20. The summed E-state index contributed by atoms with van der Waals surface area (Å²) in [6.07, 6.45) is 4.97. The van der Waals surface area contributed by atoms with Gasteiger partial charge in [-0.15, -0.1) is 5.10 Å². The van der Waals surface area contributed by atoms with Crippen LogP contribution in [0.15, 0.2) is 72.9 Å². The van der Waals surface area contributed by atoms with E-state index >= 15 is 0 Å². The third-order valence-electron chi connectivity index (χ3n) is 5.51. The molecule has 0 bridgehead atoms. The molecule has 0 saturated heterocycles. The van der Waals surface area contributed by atoms with Crippen LogP contribution in [0.1, 0.15) is 16.8 Å². The summed E-state index contributed by atoms with van der Waals surface area (Å²) < 4.78 is 23.7. The highest BCUT2D eigenvalue weighted by molar-refractivity contribution is 6.30. The van der Waals surface area contributed by atoms with Crippen molar-refractivity contribution in [1.82, 2.24) is 20.3 Å². The Morgan fingerprint density at radius 3 is 2.86 bits per heavy atom. The molecule has 9 nitrogen and oxygen atoms in total. The van der Waals surface area contributed by atoms with Crippen LogP contribution in [0.3, 0.4) is 0 Å².